The lowest BCUT2D eigenvalue weighted by Gasteiger charge is -2.16. The van der Waals surface area contributed by atoms with Crippen LogP contribution in [0.1, 0.15) is 18.4 Å². The molecule has 0 bridgehead atoms. The Morgan fingerprint density at radius 2 is 1.83 bits per heavy atom. The van der Waals surface area contributed by atoms with Gasteiger partial charge in [0.2, 0.25) is 5.91 Å². The first-order chi connectivity index (χ1) is 11.4. The highest BCUT2D eigenvalue weighted by Gasteiger charge is 2.22. The predicted octanol–water partition coefficient (Wildman–Crippen LogP) is 3.06. The van der Waals surface area contributed by atoms with Crippen molar-refractivity contribution in [1.82, 2.24) is 0 Å². The second-order valence-corrected chi connectivity index (χ2v) is 7.36. The molecule has 1 N–H and O–H groups in total. The lowest BCUT2D eigenvalue weighted by atomic mass is 10.2. The summed E-state index contributed by atoms with van der Waals surface area (Å²) in [7, 11) is -3.88. The molecular weight excluding hydrogens is 331 g/mol. The van der Waals surface area contributed by atoms with Crippen molar-refractivity contribution in [3.63, 3.8) is 0 Å². The fourth-order valence-electron chi connectivity index (χ4n) is 2.70. The molecule has 1 aliphatic rings. The largest absolute Gasteiger partial charge is 0.312 e. The van der Waals surface area contributed by atoms with Gasteiger partial charge in [-0.3, -0.25) is 9.52 Å². The Morgan fingerprint density at radius 3 is 2.46 bits per heavy atom. The average Bonchev–Trinajstić information content (AvgIpc) is 2.96. The second-order valence-electron chi connectivity index (χ2n) is 5.71. The molecule has 2 aromatic carbocycles. The molecule has 0 aromatic heterocycles. The fraction of sp³-hybridized carbons (Fsp3) is 0.235. The minimum absolute atomic E-state index is 0.0683. The summed E-state index contributed by atoms with van der Waals surface area (Å²) in [5, 5.41) is 0. The van der Waals surface area contributed by atoms with Crippen molar-refractivity contribution < 1.29 is 17.6 Å². The monoisotopic (exact) mass is 348 g/mol. The molecule has 24 heavy (non-hydrogen) atoms. The Kier molecular flexibility index (Phi) is 4.28. The zero-order valence-electron chi connectivity index (χ0n) is 13.1. The molecule has 1 heterocycles. The average molecular weight is 348 g/mol. The van der Waals surface area contributed by atoms with E-state index >= 15 is 0 Å². The van der Waals surface area contributed by atoms with E-state index in [9.17, 15) is 17.6 Å². The molecular formula is C17H17FN2O3S. The SMILES string of the molecule is Cc1ccc(F)cc1S(=O)(=O)Nc1ccc(N2CCCC2=O)cc1. The van der Waals surface area contributed by atoms with Gasteiger partial charge in [-0.2, -0.15) is 0 Å². The van der Waals surface area contributed by atoms with Gasteiger partial charge >= 0.3 is 0 Å². The number of carbonyl (C=O) groups excluding carboxylic acids is 1. The number of aryl methyl sites for hydroxylation is 1. The molecule has 5 nitrogen and oxygen atoms in total. The Hall–Kier alpha value is -2.41. The maximum atomic E-state index is 13.3. The van der Waals surface area contributed by atoms with Crippen LogP contribution in [0.4, 0.5) is 15.8 Å². The molecule has 1 amide bonds. The van der Waals surface area contributed by atoms with E-state index < -0.39 is 15.8 Å². The van der Waals surface area contributed by atoms with E-state index in [-0.39, 0.29) is 10.8 Å². The van der Waals surface area contributed by atoms with Crippen molar-refractivity contribution in [2.75, 3.05) is 16.2 Å². The number of anilines is 2. The third-order valence-electron chi connectivity index (χ3n) is 3.94. The second kappa shape index (κ2) is 6.24. The maximum absolute atomic E-state index is 13.3. The summed E-state index contributed by atoms with van der Waals surface area (Å²) in [5.74, 6) is -0.539. The Balaban J connectivity index is 1.83. The molecule has 7 heteroatoms. The van der Waals surface area contributed by atoms with Gasteiger partial charge in [0.25, 0.3) is 10.0 Å². The van der Waals surface area contributed by atoms with Gasteiger partial charge in [-0.15, -0.1) is 0 Å². The Bertz CT molecular complexity index is 879. The fourth-order valence-corrected chi connectivity index (χ4v) is 4.02. The summed E-state index contributed by atoms with van der Waals surface area (Å²) >= 11 is 0. The zero-order chi connectivity index (χ0) is 17.3. The number of hydrogen-bond donors (Lipinski definition) is 1. The molecule has 0 aliphatic carbocycles. The number of carbonyl (C=O) groups is 1. The maximum Gasteiger partial charge on any atom is 0.262 e. The zero-order valence-corrected chi connectivity index (χ0v) is 13.9. The molecule has 0 radical (unpaired) electrons. The minimum atomic E-state index is -3.88. The number of nitrogens with zero attached hydrogens (tertiary/aromatic N) is 1. The number of halogens is 1. The molecule has 1 saturated heterocycles. The van der Waals surface area contributed by atoms with Crippen LogP contribution in [0.25, 0.3) is 0 Å². The summed E-state index contributed by atoms with van der Waals surface area (Å²) in [5.41, 5.74) is 1.56. The van der Waals surface area contributed by atoms with E-state index in [1.165, 1.54) is 12.1 Å². The Morgan fingerprint density at radius 1 is 1.12 bits per heavy atom. The molecule has 3 rings (SSSR count). The third kappa shape index (κ3) is 3.26. The predicted molar refractivity (Wildman–Crippen MR) is 90.0 cm³/mol. The highest BCUT2D eigenvalue weighted by atomic mass is 32.2. The van der Waals surface area contributed by atoms with Gasteiger partial charge in [-0.1, -0.05) is 6.07 Å². The van der Waals surface area contributed by atoms with E-state index in [0.29, 0.717) is 24.2 Å². The van der Waals surface area contributed by atoms with Crippen molar-refractivity contribution in [3.05, 3.63) is 53.8 Å². The summed E-state index contributed by atoms with van der Waals surface area (Å²) in [4.78, 5) is 13.3. The van der Waals surface area contributed by atoms with Crippen LogP contribution in [-0.2, 0) is 14.8 Å². The summed E-state index contributed by atoms with van der Waals surface area (Å²) in [6.45, 7) is 2.28. The van der Waals surface area contributed by atoms with Crippen LogP contribution in [0, 0.1) is 12.7 Å². The van der Waals surface area contributed by atoms with Gasteiger partial charge in [0.15, 0.2) is 0 Å². The number of sulfonamides is 1. The molecule has 0 saturated carbocycles. The lowest BCUT2D eigenvalue weighted by Crippen LogP contribution is -2.23. The van der Waals surface area contributed by atoms with Crippen LogP contribution >= 0.6 is 0 Å². The first-order valence-corrected chi connectivity index (χ1v) is 9.04. The van der Waals surface area contributed by atoms with Gasteiger partial charge in [-0.25, -0.2) is 12.8 Å². The van der Waals surface area contributed by atoms with Gasteiger partial charge < -0.3 is 4.90 Å². The highest BCUT2D eigenvalue weighted by molar-refractivity contribution is 7.92. The number of amides is 1. The summed E-state index contributed by atoms with van der Waals surface area (Å²) in [6.07, 6.45) is 1.36. The molecule has 2 aromatic rings. The van der Waals surface area contributed by atoms with Crippen molar-refractivity contribution in [2.45, 2.75) is 24.7 Å². The standard InChI is InChI=1S/C17H17FN2O3S/c1-12-4-5-13(18)11-16(12)24(22,23)19-14-6-8-15(9-7-14)20-10-2-3-17(20)21/h4-9,11,19H,2-3,10H2,1H3. The minimum Gasteiger partial charge on any atom is -0.312 e. The molecule has 126 valence electrons. The molecule has 1 aliphatic heterocycles. The molecule has 0 unspecified atom stereocenters. The number of nitrogens with one attached hydrogen (secondary N) is 1. The highest BCUT2D eigenvalue weighted by Crippen LogP contribution is 2.25. The van der Waals surface area contributed by atoms with Crippen molar-refractivity contribution in [1.29, 1.82) is 0 Å². The van der Waals surface area contributed by atoms with Crippen LogP contribution < -0.4 is 9.62 Å². The quantitative estimate of drug-likeness (QED) is 0.923. The van der Waals surface area contributed by atoms with Crippen LogP contribution in [0.5, 0.6) is 0 Å². The third-order valence-corrected chi connectivity index (χ3v) is 5.47. The van der Waals surface area contributed by atoms with Gasteiger partial charge in [-0.05, 0) is 55.3 Å². The van der Waals surface area contributed by atoms with Crippen molar-refractivity contribution in [2.24, 2.45) is 0 Å². The normalized spacial score (nSPS) is 14.9. The summed E-state index contributed by atoms with van der Waals surface area (Å²) in [6, 6.07) is 10.2. The van der Waals surface area contributed by atoms with Crippen LogP contribution in [0.3, 0.4) is 0 Å². The van der Waals surface area contributed by atoms with Crippen LogP contribution in [-0.4, -0.2) is 20.9 Å². The topological polar surface area (TPSA) is 66.5 Å². The number of rotatable bonds is 4. The van der Waals surface area contributed by atoms with E-state index in [1.54, 1.807) is 36.1 Å². The van der Waals surface area contributed by atoms with E-state index in [0.717, 1.165) is 18.2 Å². The van der Waals surface area contributed by atoms with Crippen LogP contribution in [0.2, 0.25) is 0 Å². The van der Waals surface area contributed by atoms with Gasteiger partial charge in [0.05, 0.1) is 4.90 Å². The van der Waals surface area contributed by atoms with E-state index in [1.807, 2.05) is 0 Å². The Labute approximate surface area is 140 Å². The number of hydrogen-bond acceptors (Lipinski definition) is 3. The molecule has 0 atom stereocenters. The van der Waals surface area contributed by atoms with E-state index in [4.69, 9.17) is 0 Å². The van der Waals surface area contributed by atoms with Crippen molar-refractivity contribution >= 4 is 27.3 Å². The van der Waals surface area contributed by atoms with Crippen molar-refractivity contribution in [3.8, 4) is 0 Å². The molecule has 0 spiro atoms. The smallest absolute Gasteiger partial charge is 0.262 e. The summed E-state index contributed by atoms with van der Waals surface area (Å²) < 4.78 is 40.6. The van der Waals surface area contributed by atoms with E-state index in [2.05, 4.69) is 4.72 Å². The lowest BCUT2D eigenvalue weighted by molar-refractivity contribution is -0.117. The first-order valence-electron chi connectivity index (χ1n) is 7.56. The van der Waals surface area contributed by atoms with Gasteiger partial charge in [0, 0.05) is 24.3 Å². The van der Waals surface area contributed by atoms with Gasteiger partial charge in [0.1, 0.15) is 5.82 Å². The molecule has 1 fully saturated rings. The van der Waals surface area contributed by atoms with Crippen LogP contribution in [0.15, 0.2) is 47.4 Å². The number of benzene rings is 2. The first kappa shape index (κ1) is 16.4.